The number of Topliss-reactive ketones (excluding diaryl/α,β-unsaturated/α-hetero) is 1. The predicted molar refractivity (Wildman–Crippen MR) is 199 cm³/mol. The Kier molecular flexibility index (Phi) is 38.0. The zero-order valence-corrected chi connectivity index (χ0v) is 32.4. The lowest BCUT2D eigenvalue weighted by molar-refractivity contribution is -0.196. The number of methoxy groups -OCH3 is 4. The molecule has 0 aliphatic rings. The molecule has 0 spiro atoms. The third-order valence-electron chi connectivity index (χ3n) is 7.57. The fraction of sp³-hybridized carbons (Fsp3) is 0.675. The monoisotopic (exact) mass is 635 g/mol. The number of allylic oxidation sites excluding steroid dienone is 11. The van der Waals surface area contributed by atoms with Crippen LogP contribution in [0.5, 0.6) is 0 Å². The molecule has 0 radical (unpaired) electrons. The molecule has 45 heavy (non-hydrogen) atoms. The number of carbonyl (C=O) groups is 1. The summed E-state index contributed by atoms with van der Waals surface area (Å²) in [7, 11) is 6.72. The van der Waals surface area contributed by atoms with E-state index in [4.69, 9.17) is 18.9 Å². The van der Waals surface area contributed by atoms with Crippen molar-refractivity contribution in [3.8, 4) is 0 Å². The Morgan fingerprint density at radius 2 is 1.00 bits per heavy atom. The minimum atomic E-state index is -0.426. The lowest BCUT2D eigenvalue weighted by Crippen LogP contribution is -2.29. The highest BCUT2D eigenvalue weighted by molar-refractivity contribution is 5.75. The lowest BCUT2D eigenvalue weighted by Gasteiger charge is -2.25. The van der Waals surface area contributed by atoms with Crippen LogP contribution in [0.4, 0.5) is 0 Å². The maximum atomic E-state index is 10.5. The van der Waals surface area contributed by atoms with Gasteiger partial charge in [-0.3, -0.25) is 0 Å². The minimum absolute atomic E-state index is 0.278. The van der Waals surface area contributed by atoms with Crippen molar-refractivity contribution in [3.05, 3.63) is 70.8 Å². The van der Waals surface area contributed by atoms with Crippen LogP contribution in [0.2, 0.25) is 0 Å². The Labute approximate surface area is 280 Å². The molecule has 0 aromatic heterocycles. The molecule has 0 heterocycles. The molecule has 0 N–H and O–H groups in total. The van der Waals surface area contributed by atoms with Gasteiger partial charge in [0.1, 0.15) is 5.78 Å². The van der Waals surface area contributed by atoms with Gasteiger partial charge < -0.3 is 23.7 Å². The van der Waals surface area contributed by atoms with Gasteiger partial charge >= 0.3 is 0 Å². The first-order chi connectivity index (χ1) is 21.1. The van der Waals surface area contributed by atoms with Gasteiger partial charge in [-0.15, -0.1) is 0 Å². The molecule has 0 fully saturated rings. The van der Waals surface area contributed by atoms with Crippen LogP contribution in [-0.4, -0.2) is 40.0 Å². The van der Waals surface area contributed by atoms with Crippen molar-refractivity contribution in [2.75, 3.05) is 28.4 Å². The van der Waals surface area contributed by atoms with E-state index in [0.29, 0.717) is 6.42 Å². The fourth-order valence-corrected chi connectivity index (χ4v) is 3.06. The topological polar surface area (TPSA) is 54.0 Å². The van der Waals surface area contributed by atoms with Gasteiger partial charge in [0.05, 0.1) is 25.7 Å². The first-order valence-electron chi connectivity index (χ1n) is 16.8. The second-order valence-corrected chi connectivity index (χ2v) is 11.5. The molecule has 0 saturated heterocycles. The van der Waals surface area contributed by atoms with Crippen molar-refractivity contribution >= 4 is 5.78 Å². The molecular formula is C40H74O5. The van der Waals surface area contributed by atoms with Crippen molar-refractivity contribution in [1.29, 1.82) is 0 Å². The average Bonchev–Trinajstić information content (AvgIpc) is 3.04. The number of ether oxygens (including phenoxy) is 4. The molecule has 5 nitrogen and oxygen atoms in total. The van der Waals surface area contributed by atoms with E-state index in [2.05, 4.69) is 92.3 Å². The molecule has 0 saturated carbocycles. The van der Waals surface area contributed by atoms with E-state index in [1.54, 1.807) is 35.4 Å². The van der Waals surface area contributed by atoms with Gasteiger partial charge in [0.15, 0.2) is 5.79 Å². The van der Waals surface area contributed by atoms with Crippen LogP contribution in [0.1, 0.15) is 147 Å². The number of rotatable bonds is 19. The zero-order valence-electron chi connectivity index (χ0n) is 32.4. The summed E-state index contributed by atoms with van der Waals surface area (Å²) in [6.45, 7) is 26.5. The third-order valence-corrected chi connectivity index (χ3v) is 7.57. The van der Waals surface area contributed by atoms with Gasteiger partial charge in [-0.05, 0) is 106 Å². The largest absolute Gasteiger partial charge is 0.502 e. The van der Waals surface area contributed by atoms with Crippen molar-refractivity contribution in [2.45, 2.75) is 153 Å². The number of ketones is 1. The van der Waals surface area contributed by atoms with Crippen LogP contribution in [0.25, 0.3) is 0 Å². The summed E-state index contributed by atoms with van der Waals surface area (Å²) in [5, 5.41) is 0. The van der Waals surface area contributed by atoms with Gasteiger partial charge in [0.2, 0.25) is 0 Å². The summed E-state index contributed by atoms with van der Waals surface area (Å²) < 4.78 is 20.4. The van der Waals surface area contributed by atoms with Crippen LogP contribution in [0.15, 0.2) is 70.8 Å². The Balaban J connectivity index is -0.000000250. The maximum absolute atomic E-state index is 10.5. The Morgan fingerprint density at radius 3 is 1.36 bits per heavy atom. The molecule has 264 valence electrons. The summed E-state index contributed by atoms with van der Waals surface area (Å²) in [6, 6.07) is 0. The molecule has 0 aliphatic heterocycles. The summed E-state index contributed by atoms with van der Waals surface area (Å²) in [6.07, 6.45) is 21.9. The quantitative estimate of drug-likeness (QED) is 0.0804. The van der Waals surface area contributed by atoms with Crippen molar-refractivity contribution < 1.29 is 23.7 Å². The van der Waals surface area contributed by atoms with Gasteiger partial charge in [-0.2, -0.15) is 0 Å². The molecule has 5 heteroatoms. The molecule has 0 atom stereocenters. The number of hydrogen-bond acceptors (Lipinski definition) is 5. The smallest absolute Gasteiger partial charge is 0.165 e. The molecule has 0 rings (SSSR count). The molecule has 0 amide bonds. The first kappa shape index (κ1) is 49.5. The fourth-order valence-electron chi connectivity index (χ4n) is 3.06. The standard InChI is InChI=1S/C11H22O2.2C10H18O.C9H16O/c1-6-10(2)8-7-9-11(3,12-4)13-5;2*1-5-9(2)7-6-8-10(3)11-4;1-4-8(2)6-5-7-9(3)10/h8H,6-7,9H2,1-5H3;7-8H,5-6H2,1-4H3;7H,3,5-6,8H2,1-2,4H3;6H,4-5,7H2,1-3H3/b10-8+;9-7+,10-8+;9-7+;8-6+. The van der Waals surface area contributed by atoms with E-state index in [9.17, 15) is 4.79 Å². The van der Waals surface area contributed by atoms with Crippen LogP contribution in [0.3, 0.4) is 0 Å². The van der Waals surface area contributed by atoms with Crippen LogP contribution in [0, 0.1) is 0 Å². The molecule has 0 bridgehead atoms. The van der Waals surface area contributed by atoms with Crippen LogP contribution < -0.4 is 0 Å². The second kappa shape index (κ2) is 34.5. The predicted octanol–water partition coefficient (Wildman–Crippen LogP) is 12.4. The van der Waals surface area contributed by atoms with E-state index in [1.165, 1.54) is 22.3 Å². The van der Waals surface area contributed by atoms with E-state index in [1.807, 2.05) is 13.8 Å². The minimum Gasteiger partial charge on any atom is -0.502 e. The molecule has 0 unspecified atom stereocenters. The Bertz CT molecular complexity index is 864. The summed E-state index contributed by atoms with van der Waals surface area (Å²) >= 11 is 0. The highest BCUT2D eigenvalue weighted by atomic mass is 16.7. The first-order valence-corrected chi connectivity index (χ1v) is 16.8. The van der Waals surface area contributed by atoms with Gasteiger partial charge in [0.25, 0.3) is 0 Å². The summed E-state index contributed by atoms with van der Waals surface area (Å²) in [4.78, 5) is 10.5. The highest BCUT2D eigenvalue weighted by Crippen LogP contribution is 2.18. The van der Waals surface area contributed by atoms with Crippen molar-refractivity contribution in [1.82, 2.24) is 0 Å². The van der Waals surface area contributed by atoms with E-state index >= 15 is 0 Å². The Morgan fingerprint density at radius 1 is 0.600 bits per heavy atom. The van der Waals surface area contributed by atoms with Crippen LogP contribution in [-0.2, 0) is 23.7 Å². The number of carbonyl (C=O) groups excluding carboxylic acids is 1. The Hall–Kier alpha value is -2.37. The van der Waals surface area contributed by atoms with Crippen LogP contribution >= 0.6 is 0 Å². The molecule has 0 aromatic carbocycles. The van der Waals surface area contributed by atoms with Crippen molar-refractivity contribution in [2.24, 2.45) is 0 Å². The normalized spacial score (nSPS) is 12.6. The molecular weight excluding hydrogens is 560 g/mol. The molecule has 0 aromatic rings. The van der Waals surface area contributed by atoms with Crippen molar-refractivity contribution in [3.63, 3.8) is 0 Å². The second-order valence-electron chi connectivity index (χ2n) is 11.5. The molecule has 0 aliphatic carbocycles. The van der Waals surface area contributed by atoms with Gasteiger partial charge in [-0.25, -0.2) is 0 Å². The zero-order chi connectivity index (χ0) is 35.7. The highest BCUT2D eigenvalue weighted by Gasteiger charge is 2.20. The lowest BCUT2D eigenvalue weighted by atomic mass is 10.1. The van der Waals surface area contributed by atoms with E-state index in [-0.39, 0.29) is 5.78 Å². The summed E-state index contributed by atoms with van der Waals surface area (Å²) in [5.74, 6) is 1.71. The van der Waals surface area contributed by atoms with Gasteiger partial charge in [0, 0.05) is 33.5 Å². The SMILES string of the molecule is C=C(CC/C=C(\C)CC)OC.CC/C(C)=C/C/C=C(\C)OC.CC/C(C)=C/CCC(C)(OC)OC.CC/C(C)=C/CCC(C)=O. The van der Waals surface area contributed by atoms with Gasteiger partial charge in [-0.1, -0.05) is 80.9 Å². The third kappa shape index (κ3) is 39.6. The average molecular weight is 635 g/mol. The maximum Gasteiger partial charge on any atom is 0.165 e. The summed E-state index contributed by atoms with van der Waals surface area (Å²) in [5.41, 5.74) is 5.68. The number of hydrogen-bond donors (Lipinski definition) is 0. The van der Waals surface area contributed by atoms with E-state index < -0.39 is 5.79 Å². The van der Waals surface area contributed by atoms with E-state index in [0.717, 1.165) is 75.7 Å².